The Bertz CT molecular complexity index is 983. The molecule has 7 nitrogen and oxygen atoms in total. The Labute approximate surface area is 161 Å². The van der Waals surface area contributed by atoms with Crippen LogP contribution in [0.4, 0.5) is 5.69 Å². The molecule has 3 aromatic rings. The van der Waals surface area contributed by atoms with Crippen molar-refractivity contribution in [2.24, 2.45) is 0 Å². The SMILES string of the molecule is C=Cc1c(Cl)nn2c(C(=O)OCC)cnc2c1NCc1ccc(OC)cc1. The average molecular weight is 387 g/mol. The summed E-state index contributed by atoms with van der Waals surface area (Å²) in [6, 6.07) is 7.67. The van der Waals surface area contributed by atoms with Gasteiger partial charge in [-0.05, 0) is 24.6 Å². The van der Waals surface area contributed by atoms with Crippen molar-refractivity contribution in [3.63, 3.8) is 0 Å². The van der Waals surface area contributed by atoms with E-state index in [1.54, 1.807) is 20.1 Å². The maximum atomic E-state index is 12.1. The van der Waals surface area contributed by atoms with Gasteiger partial charge in [0.05, 0.1) is 25.6 Å². The van der Waals surface area contributed by atoms with Gasteiger partial charge in [-0.25, -0.2) is 14.3 Å². The smallest absolute Gasteiger partial charge is 0.358 e. The molecule has 27 heavy (non-hydrogen) atoms. The molecule has 0 spiro atoms. The Morgan fingerprint density at radius 3 is 2.74 bits per heavy atom. The average Bonchev–Trinajstić information content (AvgIpc) is 3.10. The van der Waals surface area contributed by atoms with Crippen LogP contribution >= 0.6 is 11.6 Å². The van der Waals surface area contributed by atoms with Crippen LogP contribution in [-0.2, 0) is 11.3 Å². The van der Waals surface area contributed by atoms with E-state index in [1.165, 1.54) is 10.7 Å². The van der Waals surface area contributed by atoms with Gasteiger partial charge in [0.25, 0.3) is 0 Å². The highest BCUT2D eigenvalue weighted by Gasteiger charge is 2.20. The van der Waals surface area contributed by atoms with Crippen molar-refractivity contribution in [3.05, 3.63) is 59.0 Å². The highest BCUT2D eigenvalue weighted by molar-refractivity contribution is 6.31. The first kappa shape index (κ1) is 18.7. The number of halogens is 1. The van der Waals surface area contributed by atoms with Gasteiger partial charge in [-0.2, -0.15) is 5.10 Å². The number of ether oxygens (including phenoxy) is 2. The van der Waals surface area contributed by atoms with E-state index in [0.29, 0.717) is 23.4 Å². The van der Waals surface area contributed by atoms with Crippen molar-refractivity contribution >= 4 is 35.0 Å². The molecule has 0 fully saturated rings. The minimum atomic E-state index is -0.513. The molecule has 0 atom stereocenters. The second-order valence-corrected chi connectivity index (χ2v) is 5.94. The summed E-state index contributed by atoms with van der Waals surface area (Å²) in [6.45, 7) is 6.31. The normalized spacial score (nSPS) is 10.6. The van der Waals surface area contributed by atoms with Crippen molar-refractivity contribution in [2.75, 3.05) is 19.0 Å². The van der Waals surface area contributed by atoms with Gasteiger partial charge in [0.2, 0.25) is 0 Å². The van der Waals surface area contributed by atoms with Crippen LogP contribution in [0.25, 0.3) is 11.7 Å². The van der Waals surface area contributed by atoms with Gasteiger partial charge >= 0.3 is 5.97 Å². The summed E-state index contributed by atoms with van der Waals surface area (Å²) >= 11 is 6.30. The third kappa shape index (κ3) is 3.73. The lowest BCUT2D eigenvalue weighted by Gasteiger charge is -2.13. The molecule has 0 saturated heterocycles. The highest BCUT2D eigenvalue weighted by atomic mass is 35.5. The molecule has 0 saturated carbocycles. The molecule has 0 amide bonds. The number of hydrogen-bond donors (Lipinski definition) is 1. The third-order valence-electron chi connectivity index (χ3n) is 3.96. The van der Waals surface area contributed by atoms with Crippen LogP contribution in [0.2, 0.25) is 5.15 Å². The third-order valence-corrected chi connectivity index (χ3v) is 4.24. The Kier molecular flexibility index (Phi) is 5.61. The molecule has 3 rings (SSSR count). The van der Waals surface area contributed by atoms with Crippen molar-refractivity contribution in [1.82, 2.24) is 14.6 Å². The van der Waals surface area contributed by atoms with Crippen LogP contribution < -0.4 is 10.1 Å². The summed E-state index contributed by atoms with van der Waals surface area (Å²) in [6.07, 6.45) is 3.02. The standard InChI is InChI=1S/C19H19ClN4O3/c1-4-14-16(21-10-12-6-8-13(26-3)9-7-12)18-22-11-15(19(25)27-5-2)24(18)23-17(14)20/h4,6-9,11,21H,1,5,10H2,2-3H3. The molecule has 0 unspecified atom stereocenters. The molecular formula is C19H19ClN4O3. The quantitative estimate of drug-likeness (QED) is 0.622. The maximum Gasteiger partial charge on any atom is 0.358 e. The fourth-order valence-corrected chi connectivity index (χ4v) is 2.87. The molecular weight excluding hydrogens is 368 g/mol. The molecule has 2 aromatic heterocycles. The van der Waals surface area contributed by atoms with Crippen LogP contribution in [-0.4, -0.2) is 34.3 Å². The van der Waals surface area contributed by atoms with Crippen LogP contribution in [0.15, 0.2) is 37.0 Å². The van der Waals surface area contributed by atoms with Crippen LogP contribution in [0.1, 0.15) is 28.5 Å². The first-order valence-electron chi connectivity index (χ1n) is 8.32. The summed E-state index contributed by atoms with van der Waals surface area (Å²) in [5, 5.41) is 7.76. The fourth-order valence-electron chi connectivity index (χ4n) is 2.62. The van der Waals surface area contributed by atoms with E-state index < -0.39 is 5.97 Å². The molecule has 0 aliphatic rings. The zero-order valence-electron chi connectivity index (χ0n) is 15.0. The molecule has 0 aliphatic heterocycles. The highest BCUT2D eigenvalue weighted by Crippen LogP contribution is 2.29. The minimum Gasteiger partial charge on any atom is -0.497 e. The predicted molar refractivity (Wildman–Crippen MR) is 104 cm³/mol. The van der Waals surface area contributed by atoms with Gasteiger partial charge in [-0.15, -0.1) is 0 Å². The fraction of sp³-hybridized carbons (Fsp3) is 0.211. The largest absolute Gasteiger partial charge is 0.497 e. The van der Waals surface area contributed by atoms with Crippen molar-refractivity contribution < 1.29 is 14.3 Å². The Morgan fingerprint density at radius 1 is 1.37 bits per heavy atom. The molecule has 1 N–H and O–H groups in total. The maximum absolute atomic E-state index is 12.1. The molecule has 2 heterocycles. The van der Waals surface area contributed by atoms with Gasteiger partial charge in [0, 0.05) is 12.1 Å². The first-order valence-corrected chi connectivity index (χ1v) is 8.70. The topological polar surface area (TPSA) is 77.8 Å². The number of nitrogens with zero attached hydrogens (tertiary/aromatic N) is 3. The van der Waals surface area contributed by atoms with E-state index in [9.17, 15) is 4.79 Å². The number of imidazole rings is 1. The first-order chi connectivity index (χ1) is 13.1. The number of methoxy groups -OCH3 is 1. The molecule has 0 bridgehead atoms. The number of anilines is 1. The van der Waals surface area contributed by atoms with Crippen molar-refractivity contribution in [1.29, 1.82) is 0 Å². The predicted octanol–water partition coefficient (Wildman–Crippen LogP) is 3.82. The summed E-state index contributed by atoms with van der Waals surface area (Å²) in [4.78, 5) is 16.4. The van der Waals surface area contributed by atoms with Crippen molar-refractivity contribution in [3.8, 4) is 5.75 Å². The molecule has 0 aliphatic carbocycles. The number of hydrogen-bond acceptors (Lipinski definition) is 6. The number of fused-ring (bicyclic) bond motifs is 1. The van der Waals surface area contributed by atoms with Gasteiger partial charge in [0.15, 0.2) is 16.5 Å². The second kappa shape index (κ2) is 8.09. The molecule has 0 radical (unpaired) electrons. The molecule has 1 aromatic carbocycles. The van der Waals surface area contributed by atoms with E-state index in [0.717, 1.165) is 11.3 Å². The lowest BCUT2D eigenvalue weighted by molar-refractivity contribution is 0.0516. The van der Waals surface area contributed by atoms with Crippen LogP contribution in [0.5, 0.6) is 5.75 Å². The Morgan fingerprint density at radius 2 is 2.11 bits per heavy atom. The van der Waals surface area contributed by atoms with Crippen molar-refractivity contribution in [2.45, 2.75) is 13.5 Å². The number of nitrogens with one attached hydrogen (secondary N) is 1. The van der Waals surface area contributed by atoms with Crippen LogP contribution in [0.3, 0.4) is 0 Å². The van der Waals surface area contributed by atoms with Gasteiger partial charge in [-0.3, -0.25) is 0 Å². The molecule has 8 heteroatoms. The lowest BCUT2D eigenvalue weighted by Crippen LogP contribution is -2.12. The van der Waals surface area contributed by atoms with E-state index in [1.807, 2.05) is 24.3 Å². The van der Waals surface area contributed by atoms with E-state index in [-0.39, 0.29) is 17.5 Å². The Balaban J connectivity index is 1.99. The number of esters is 1. The number of carbonyl (C=O) groups excluding carboxylic acids is 1. The minimum absolute atomic E-state index is 0.205. The van der Waals surface area contributed by atoms with Gasteiger partial charge < -0.3 is 14.8 Å². The van der Waals surface area contributed by atoms with Crippen LogP contribution in [0, 0.1) is 0 Å². The van der Waals surface area contributed by atoms with Gasteiger partial charge in [0.1, 0.15) is 5.75 Å². The zero-order valence-corrected chi connectivity index (χ0v) is 15.8. The summed E-state index contributed by atoms with van der Waals surface area (Å²) < 4.78 is 11.6. The summed E-state index contributed by atoms with van der Waals surface area (Å²) in [5.41, 5.74) is 2.95. The zero-order chi connectivity index (χ0) is 19.4. The number of carbonyl (C=O) groups is 1. The number of benzene rings is 1. The second-order valence-electron chi connectivity index (χ2n) is 5.58. The Hall–Kier alpha value is -3.06. The van der Waals surface area contributed by atoms with E-state index >= 15 is 0 Å². The lowest BCUT2D eigenvalue weighted by atomic mass is 10.2. The summed E-state index contributed by atoms with van der Waals surface area (Å²) in [7, 11) is 1.62. The molecule has 140 valence electrons. The number of aromatic nitrogens is 3. The van der Waals surface area contributed by atoms with Gasteiger partial charge in [-0.1, -0.05) is 36.4 Å². The summed E-state index contributed by atoms with van der Waals surface area (Å²) in [5.74, 6) is 0.272. The monoisotopic (exact) mass is 386 g/mol. The van der Waals surface area contributed by atoms with E-state index in [4.69, 9.17) is 21.1 Å². The number of rotatable bonds is 7. The van der Waals surface area contributed by atoms with E-state index in [2.05, 4.69) is 22.0 Å².